The van der Waals surface area contributed by atoms with Crippen molar-refractivity contribution < 1.29 is 0 Å². The Morgan fingerprint density at radius 2 is 1.63 bits per heavy atom. The number of nitrogens with zero attached hydrogens (tertiary/aromatic N) is 1. The van der Waals surface area contributed by atoms with Crippen LogP contribution < -0.4 is 5.73 Å². The SMILES string of the molecule is CC1CCCC(N(C)C2(CN)CC(C)CC(C)C2)C1. The fraction of sp³-hybridized carbons (Fsp3) is 1.00. The molecule has 2 aliphatic rings. The maximum atomic E-state index is 6.26. The Bertz CT molecular complexity index is 279. The zero-order valence-electron chi connectivity index (χ0n) is 13.5. The Kier molecular flexibility index (Phi) is 4.94. The summed E-state index contributed by atoms with van der Waals surface area (Å²) in [5, 5.41) is 0. The van der Waals surface area contributed by atoms with Crippen LogP contribution in [0.5, 0.6) is 0 Å². The summed E-state index contributed by atoms with van der Waals surface area (Å²) in [4.78, 5) is 2.70. The highest BCUT2D eigenvalue weighted by Gasteiger charge is 2.42. The van der Waals surface area contributed by atoms with Gasteiger partial charge in [-0.1, -0.05) is 33.6 Å². The Morgan fingerprint density at radius 3 is 2.16 bits per heavy atom. The molecule has 0 amide bonds. The summed E-state index contributed by atoms with van der Waals surface area (Å²) in [6, 6.07) is 0.768. The molecule has 2 nitrogen and oxygen atoms in total. The van der Waals surface area contributed by atoms with Gasteiger partial charge in [-0.25, -0.2) is 0 Å². The standard InChI is InChI=1S/C17H34N2/c1-13-6-5-7-16(9-13)19(4)17(12-18)10-14(2)8-15(3)11-17/h13-16H,5-12,18H2,1-4H3. The predicted molar refractivity (Wildman–Crippen MR) is 83.1 cm³/mol. The average Bonchev–Trinajstić information content (AvgIpc) is 2.36. The molecule has 2 rings (SSSR count). The van der Waals surface area contributed by atoms with Crippen LogP contribution in [0.2, 0.25) is 0 Å². The van der Waals surface area contributed by atoms with Crippen molar-refractivity contribution in [1.29, 1.82) is 0 Å². The molecule has 4 unspecified atom stereocenters. The fourth-order valence-corrected chi connectivity index (χ4v) is 4.97. The molecular weight excluding hydrogens is 232 g/mol. The minimum atomic E-state index is 0.277. The summed E-state index contributed by atoms with van der Waals surface area (Å²) in [5.74, 6) is 2.56. The van der Waals surface area contributed by atoms with E-state index < -0.39 is 0 Å². The normalized spacial score (nSPS) is 44.5. The number of hydrogen-bond acceptors (Lipinski definition) is 2. The second kappa shape index (κ2) is 6.13. The van der Waals surface area contributed by atoms with Crippen LogP contribution in [-0.2, 0) is 0 Å². The van der Waals surface area contributed by atoms with Gasteiger partial charge in [-0.05, 0) is 56.9 Å². The van der Waals surface area contributed by atoms with Crippen molar-refractivity contribution in [2.24, 2.45) is 23.5 Å². The van der Waals surface area contributed by atoms with Crippen molar-refractivity contribution in [1.82, 2.24) is 4.90 Å². The molecule has 2 fully saturated rings. The second-order valence-corrected chi connectivity index (χ2v) is 7.82. The minimum absolute atomic E-state index is 0.277. The second-order valence-electron chi connectivity index (χ2n) is 7.82. The van der Waals surface area contributed by atoms with E-state index in [0.29, 0.717) is 0 Å². The van der Waals surface area contributed by atoms with Crippen molar-refractivity contribution in [3.05, 3.63) is 0 Å². The highest BCUT2D eigenvalue weighted by molar-refractivity contribution is 4.99. The van der Waals surface area contributed by atoms with Gasteiger partial charge in [0.15, 0.2) is 0 Å². The molecule has 0 aromatic rings. The third-order valence-electron chi connectivity index (χ3n) is 5.85. The van der Waals surface area contributed by atoms with Crippen LogP contribution in [0.25, 0.3) is 0 Å². The quantitative estimate of drug-likeness (QED) is 0.845. The van der Waals surface area contributed by atoms with E-state index in [9.17, 15) is 0 Å². The van der Waals surface area contributed by atoms with E-state index in [1.807, 2.05) is 0 Å². The van der Waals surface area contributed by atoms with Crippen molar-refractivity contribution in [3.63, 3.8) is 0 Å². The molecular formula is C17H34N2. The smallest absolute Gasteiger partial charge is 0.0336 e. The van der Waals surface area contributed by atoms with Crippen LogP contribution >= 0.6 is 0 Å². The number of nitrogens with two attached hydrogens (primary N) is 1. The Balaban J connectivity index is 2.10. The number of rotatable bonds is 3. The third kappa shape index (κ3) is 3.33. The summed E-state index contributed by atoms with van der Waals surface area (Å²) in [5.41, 5.74) is 6.54. The minimum Gasteiger partial charge on any atom is -0.329 e. The molecule has 0 radical (unpaired) electrons. The van der Waals surface area contributed by atoms with Gasteiger partial charge >= 0.3 is 0 Å². The summed E-state index contributed by atoms with van der Waals surface area (Å²) in [7, 11) is 2.36. The molecule has 4 atom stereocenters. The molecule has 0 aromatic carbocycles. The molecule has 0 spiro atoms. The topological polar surface area (TPSA) is 29.3 Å². The summed E-state index contributed by atoms with van der Waals surface area (Å²) < 4.78 is 0. The number of hydrogen-bond donors (Lipinski definition) is 1. The largest absolute Gasteiger partial charge is 0.329 e. The van der Waals surface area contributed by atoms with Crippen molar-refractivity contribution in [2.75, 3.05) is 13.6 Å². The van der Waals surface area contributed by atoms with E-state index in [4.69, 9.17) is 5.73 Å². The van der Waals surface area contributed by atoms with Gasteiger partial charge in [0.2, 0.25) is 0 Å². The van der Waals surface area contributed by atoms with Crippen LogP contribution in [0.1, 0.15) is 65.7 Å². The first-order valence-corrected chi connectivity index (χ1v) is 8.40. The molecule has 2 heteroatoms. The van der Waals surface area contributed by atoms with Crippen molar-refractivity contribution >= 4 is 0 Å². The van der Waals surface area contributed by atoms with Gasteiger partial charge < -0.3 is 5.73 Å². The molecule has 0 bridgehead atoms. The highest BCUT2D eigenvalue weighted by Crippen LogP contribution is 2.41. The molecule has 0 heterocycles. The van der Waals surface area contributed by atoms with Crippen LogP contribution in [0.15, 0.2) is 0 Å². The lowest BCUT2D eigenvalue weighted by atomic mass is 9.69. The lowest BCUT2D eigenvalue weighted by Gasteiger charge is -2.52. The van der Waals surface area contributed by atoms with Gasteiger partial charge in [0, 0.05) is 18.1 Å². The zero-order valence-corrected chi connectivity index (χ0v) is 13.5. The summed E-state index contributed by atoms with van der Waals surface area (Å²) in [6.45, 7) is 8.08. The number of likely N-dealkylation sites (N-methyl/N-ethyl adjacent to an activating group) is 1. The highest BCUT2D eigenvalue weighted by atomic mass is 15.2. The lowest BCUT2D eigenvalue weighted by Crippen LogP contribution is -2.59. The maximum absolute atomic E-state index is 6.26. The molecule has 19 heavy (non-hydrogen) atoms. The maximum Gasteiger partial charge on any atom is 0.0336 e. The summed E-state index contributed by atoms with van der Waals surface area (Å²) >= 11 is 0. The zero-order chi connectivity index (χ0) is 14.0. The van der Waals surface area contributed by atoms with E-state index in [1.165, 1.54) is 44.9 Å². The van der Waals surface area contributed by atoms with Crippen molar-refractivity contribution in [3.8, 4) is 0 Å². The van der Waals surface area contributed by atoms with Gasteiger partial charge in [0.25, 0.3) is 0 Å². The van der Waals surface area contributed by atoms with Gasteiger partial charge in [0.05, 0.1) is 0 Å². The van der Waals surface area contributed by atoms with Crippen LogP contribution in [0.3, 0.4) is 0 Å². The van der Waals surface area contributed by atoms with E-state index in [0.717, 1.165) is 30.3 Å². The van der Waals surface area contributed by atoms with E-state index >= 15 is 0 Å². The van der Waals surface area contributed by atoms with E-state index in [2.05, 4.69) is 32.7 Å². The monoisotopic (exact) mass is 266 g/mol. The van der Waals surface area contributed by atoms with Gasteiger partial charge in [-0.15, -0.1) is 0 Å². The Hall–Kier alpha value is -0.0800. The first-order valence-electron chi connectivity index (χ1n) is 8.40. The van der Waals surface area contributed by atoms with E-state index in [-0.39, 0.29) is 5.54 Å². The predicted octanol–water partition coefficient (Wildman–Crippen LogP) is 3.65. The van der Waals surface area contributed by atoms with Crippen LogP contribution in [0.4, 0.5) is 0 Å². The third-order valence-corrected chi connectivity index (χ3v) is 5.85. The molecule has 2 N–H and O–H groups in total. The fourth-order valence-electron chi connectivity index (χ4n) is 4.97. The van der Waals surface area contributed by atoms with Gasteiger partial charge in [-0.2, -0.15) is 0 Å². The first kappa shape index (κ1) is 15.3. The molecule has 0 saturated heterocycles. The Labute approximate surface area is 120 Å². The summed E-state index contributed by atoms with van der Waals surface area (Å²) in [6.07, 6.45) is 9.57. The van der Waals surface area contributed by atoms with Gasteiger partial charge in [0.1, 0.15) is 0 Å². The average molecular weight is 266 g/mol. The molecule has 2 aliphatic carbocycles. The van der Waals surface area contributed by atoms with Crippen LogP contribution in [0, 0.1) is 17.8 Å². The Morgan fingerprint density at radius 1 is 1.00 bits per heavy atom. The molecule has 2 saturated carbocycles. The van der Waals surface area contributed by atoms with Crippen LogP contribution in [-0.4, -0.2) is 30.1 Å². The molecule has 0 aliphatic heterocycles. The lowest BCUT2D eigenvalue weighted by molar-refractivity contribution is -0.00739. The van der Waals surface area contributed by atoms with Crippen molar-refractivity contribution in [2.45, 2.75) is 77.3 Å². The molecule has 112 valence electrons. The first-order chi connectivity index (χ1) is 8.97. The van der Waals surface area contributed by atoms with Gasteiger partial charge in [-0.3, -0.25) is 4.90 Å². The van der Waals surface area contributed by atoms with E-state index in [1.54, 1.807) is 0 Å². The molecule has 0 aromatic heterocycles.